The van der Waals surface area contributed by atoms with Crippen molar-refractivity contribution in [2.24, 2.45) is 0 Å². The fraction of sp³-hybridized carbons (Fsp3) is 0.0625. The number of nitriles is 1. The Morgan fingerprint density at radius 1 is 1.14 bits per heavy atom. The minimum atomic E-state index is -3.85. The lowest BCUT2D eigenvalue weighted by Gasteiger charge is -2.04. The Balaban J connectivity index is 2.43. The predicted molar refractivity (Wildman–Crippen MR) is 90.5 cm³/mol. The average Bonchev–Trinajstić information content (AvgIpc) is 2.53. The summed E-state index contributed by atoms with van der Waals surface area (Å²) in [6.45, 7) is 0. The van der Waals surface area contributed by atoms with Crippen LogP contribution in [0.4, 0.5) is 0 Å². The zero-order chi connectivity index (χ0) is 16.2. The lowest BCUT2D eigenvalue weighted by Crippen LogP contribution is -2.03. The predicted octanol–water partition coefficient (Wildman–Crippen LogP) is 4.40. The van der Waals surface area contributed by atoms with Crippen LogP contribution in [0.3, 0.4) is 0 Å². The molecule has 0 aliphatic heterocycles. The van der Waals surface area contributed by atoms with Crippen LogP contribution in [0, 0.1) is 11.3 Å². The van der Waals surface area contributed by atoms with Gasteiger partial charge in [-0.25, -0.2) is 8.42 Å². The van der Waals surface area contributed by atoms with Crippen molar-refractivity contribution in [1.82, 2.24) is 0 Å². The number of rotatable bonds is 4. The second-order valence-corrected chi connectivity index (χ2v) is 7.59. The second kappa shape index (κ2) is 7.01. The first-order chi connectivity index (χ1) is 10.5. The van der Waals surface area contributed by atoms with E-state index in [9.17, 15) is 13.7 Å². The highest BCUT2D eigenvalue weighted by atomic mass is 35.5. The maximum Gasteiger partial charge on any atom is 0.216 e. The minimum Gasteiger partial charge on any atom is -0.218 e. The monoisotopic (exact) mass is 349 g/mol. The van der Waals surface area contributed by atoms with Crippen molar-refractivity contribution < 1.29 is 8.42 Å². The summed E-state index contributed by atoms with van der Waals surface area (Å²) >= 11 is 7.35. The molecule has 0 aliphatic carbocycles. The van der Waals surface area contributed by atoms with E-state index in [1.54, 1.807) is 30.0 Å². The fourth-order valence-corrected chi connectivity index (χ4v) is 3.46. The summed E-state index contributed by atoms with van der Waals surface area (Å²) < 4.78 is 24.9. The van der Waals surface area contributed by atoms with Crippen LogP contribution < -0.4 is 0 Å². The smallest absolute Gasteiger partial charge is 0.216 e. The molecule has 2 rings (SSSR count). The Morgan fingerprint density at radius 2 is 1.73 bits per heavy atom. The number of allylic oxidation sites excluding steroid dienone is 1. The van der Waals surface area contributed by atoms with Crippen molar-refractivity contribution >= 4 is 39.3 Å². The van der Waals surface area contributed by atoms with Gasteiger partial charge in [-0.1, -0.05) is 23.7 Å². The maximum atomic E-state index is 12.5. The largest absolute Gasteiger partial charge is 0.218 e. The third-order valence-electron chi connectivity index (χ3n) is 2.94. The molecule has 3 nitrogen and oxygen atoms in total. The Kier molecular flexibility index (Phi) is 5.30. The van der Waals surface area contributed by atoms with Gasteiger partial charge in [0.15, 0.2) is 0 Å². The van der Waals surface area contributed by atoms with Crippen molar-refractivity contribution in [3.8, 4) is 6.07 Å². The summed E-state index contributed by atoms with van der Waals surface area (Å²) in [7, 11) is -3.85. The molecular weight excluding hydrogens is 338 g/mol. The van der Waals surface area contributed by atoms with Crippen LogP contribution in [0.25, 0.3) is 6.08 Å². The van der Waals surface area contributed by atoms with Gasteiger partial charge in [0.2, 0.25) is 9.84 Å². The summed E-state index contributed by atoms with van der Waals surface area (Å²) in [5.41, 5.74) is 0.659. The molecule has 0 fully saturated rings. The molecule has 22 heavy (non-hydrogen) atoms. The summed E-state index contributed by atoms with van der Waals surface area (Å²) in [4.78, 5) is 0.813. The summed E-state index contributed by atoms with van der Waals surface area (Å²) in [5.74, 6) is 0. The van der Waals surface area contributed by atoms with Crippen molar-refractivity contribution in [3.63, 3.8) is 0 Å². The SMILES string of the molecule is CSc1ccc(C=C(C#N)S(=O)(=O)c2ccc(Cl)cc2)cc1. The first kappa shape index (κ1) is 16.6. The number of sulfone groups is 1. The van der Waals surface area contributed by atoms with Crippen molar-refractivity contribution in [3.05, 3.63) is 64.0 Å². The summed E-state index contributed by atoms with van der Waals surface area (Å²) in [6.07, 6.45) is 3.32. The molecule has 0 saturated carbocycles. The number of hydrogen-bond acceptors (Lipinski definition) is 4. The molecule has 0 aromatic heterocycles. The van der Waals surface area contributed by atoms with Gasteiger partial charge >= 0.3 is 0 Å². The number of halogens is 1. The minimum absolute atomic E-state index is 0.0467. The molecule has 112 valence electrons. The van der Waals surface area contributed by atoms with E-state index in [-0.39, 0.29) is 9.80 Å². The molecule has 0 amide bonds. The van der Waals surface area contributed by atoms with E-state index in [2.05, 4.69) is 0 Å². The average molecular weight is 350 g/mol. The van der Waals surface area contributed by atoms with Gasteiger partial charge in [0.1, 0.15) is 11.0 Å². The van der Waals surface area contributed by atoms with Crippen LogP contribution in [0.5, 0.6) is 0 Å². The van der Waals surface area contributed by atoms with E-state index in [4.69, 9.17) is 11.6 Å². The molecular formula is C16H12ClNO2S2. The standard InChI is InChI=1S/C16H12ClNO2S2/c1-21-14-6-2-12(3-7-14)10-16(11-18)22(19,20)15-8-4-13(17)5-9-15/h2-10H,1H3. The number of hydrogen-bond donors (Lipinski definition) is 0. The number of nitrogens with zero attached hydrogens (tertiary/aromatic N) is 1. The van der Waals surface area contributed by atoms with Crippen LogP contribution in [0.2, 0.25) is 5.02 Å². The van der Waals surface area contributed by atoms with Gasteiger partial charge in [0, 0.05) is 9.92 Å². The maximum absolute atomic E-state index is 12.5. The number of benzene rings is 2. The number of thioether (sulfide) groups is 1. The van der Waals surface area contributed by atoms with E-state index < -0.39 is 9.84 Å². The fourth-order valence-electron chi connectivity index (χ4n) is 1.76. The van der Waals surface area contributed by atoms with Crippen LogP contribution in [0.1, 0.15) is 5.56 Å². The van der Waals surface area contributed by atoms with E-state index in [1.165, 1.54) is 30.3 Å². The molecule has 2 aromatic rings. The highest BCUT2D eigenvalue weighted by Gasteiger charge is 2.20. The third kappa shape index (κ3) is 3.72. The summed E-state index contributed by atoms with van der Waals surface area (Å²) in [6, 6.07) is 14.8. The van der Waals surface area contributed by atoms with E-state index in [1.807, 2.05) is 18.4 Å². The van der Waals surface area contributed by atoms with Crippen molar-refractivity contribution in [2.45, 2.75) is 9.79 Å². The van der Waals surface area contributed by atoms with Crippen molar-refractivity contribution in [1.29, 1.82) is 5.26 Å². The van der Waals surface area contributed by atoms with Crippen LogP contribution >= 0.6 is 23.4 Å². The lowest BCUT2D eigenvalue weighted by molar-refractivity contribution is 0.603. The Morgan fingerprint density at radius 3 is 2.23 bits per heavy atom. The second-order valence-electron chi connectivity index (χ2n) is 4.35. The molecule has 0 aliphatic rings. The van der Waals surface area contributed by atoms with E-state index >= 15 is 0 Å². The molecule has 0 saturated heterocycles. The molecule has 0 unspecified atom stereocenters. The molecule has 0 heterocycles. The zero-order valence-corrected chi connectivity index (χ0v) is 14.0. The summed E-state index contributed by atoms with van der Waals surface area (Å²) in [5, 5.41) is 9.65. The highest BCUT2D eigenvalue weighted by molar-refractivity contribution is 7.98. The molecule has 0 N–H and O–H groups in total. The van der Waals surface area contributed by atoms with Crippen LogP contribution in [-0.2, 0) is 9.84 Å². The molecule has 0 spiro atoms. The highest BCUT2D eigenvalue weighted by Crippen LogP contribution is 2.23. The zero-order valence-electron chi connectivity index (χ0n) is 11.7. The van der Waals surface area contributed by atoms with Gasteiger partial charge in [-0.05, 0) is 54.3 Å². The Bertz CT molecular complexity index is 833. The van der Waals surface area contributed by atoms with E-state index in [0.29, 0.717) is 10.6 Å². The van der Waals surface area contributed by atoms with Gasteiger partial charge < -0.3 is 0 Å². The molecule has 6 heteroatoms. The first-order valence-corrected chi connectivity index (χ1v) is 9.32. The normalized spacial score (nSPS) is 12.0. The van der Waals surface area contributed by atoms with Gasteiger partial charge in [-0.3, -0.25) is 0 Å². The van der Waals surface area contributed by atoms with Crippen LogP contribution in [-0.4, -0.2) is 14.7 Å². The Labute approximate surface area is 139 Å². The van der Waals surface area contributed by atoms with Gasteiger partial charge in [-0.2, -0.15) is 5.26 Å². The third-order valence-corrected chi connectivity index (χ3v) is 5.61. The van der Waals surface area contributed by atoms with Crippen LogP contribution in [0.15, 0.2) is 63.2 Å². The lowest BCUT2D eigenvalue weighted by atomic mass is 10.2. The molecule has 2 aromatic carbocycles. The molecule has 0 radical (unpaired) electrons. The molecule has 0 atom stereocenters. The van der Waals surface area contributed by atoms with Crippen molar-refractivity contribution in [2.75, 3.05) is 6.26 Å². The van der Waals surface area contributed by atoms with E-state index in [0.717, 1.165) is 4.90 Å². The first-order valence-electron chi connectivity index (χ1n) is 6.24. The van der Waals surface area contributed by atoms with Gasteiger partial charge in [0.05, 0.1) is 4.90 Å². The molecule has 0 bridgehead atoms. The topological polar surface area (TPSA) is 57.9 Å². The quantitative estimate of drug-likeness (QED) is 0.606. The van der Waals surface area contributed by atoms with Gasteiger partial charge in [-0.15, -0.1) is 11.8 Å². The Hall–Kier alpha value is -1.74. The van der Waals surface area contributed by atoms with Gasteiger partial charge in [0.25, 0.3) is 0 Å².